The first-order chi connectivity index (χ1) is 40.0. The van der Waals surface area contributed by atoms with Crippen LogP contribution in [-0.2, 0) is 28.6 Å². The summed E-state index contributed by atoms with van der Waals surface area (Å²) in [7, 11) is 0. The fourth-order valence-corrected chi connectivity index (χ4v) is 8.68. The van der Waals surface area contributed by atoms with Crippen LogP contribution >= 0.6 is 0 Å². The van der Waals surface area contributed by atoms with E-state index in [1.54, 1.807) is 6.08 Å². The van der Waals surface area contributed by atoms with Crippen molar-refractivity contribution >= 4 is 17.9 Å². The lowest BCUT2D eigenvalue weighted by atomic mass is 10.0. The minimum Gasteiger partial charge on any atom is -0.462 e. The summed E-state index contributed by atoms with van der Waals surface area (Å²) in [6, 6.07) is 0. The standard InChI is InChI=1S/C75H120O6/c1-4-7-10-13-16-19-22-25-28-30-31-32-33-34-35-36-37-38-39-40-41-42-43-45-47-50-53-56-59-62-65-68-74(77)80-71-72(70-79-73(76)67-64-61-58-55-52-49-46-27-24-21-18-15-12-9-6-3)81-75(78)69-66-63-60-57-54-51-48-44-29-26-23-20-17-14-11-8-5-2/h8-9,11-12,17-18,20-22,25-27,29-31,33-34,46,48,51-52,55,57,60-61,64,72H,4-7,10,13-16,19,23-24,28,32,35-45,47,49-50,53-54,56,58-59,62-63,65-71H2,1-3H3/b11-8-,12-9-,20-17-,21-18-,25-22-,29-26-,31-30-,34-33-,46-27-,51-48-,55-52-,60-57-,64-61-. The zero-order valence-electron chi connectivity index (χ0n) is 52.2. The van der Waals surface area contributed by atoms with Crippen molar-refractivity contribution in [3.05, 3.63) is 158 Å². The number of ether oxygens (including phenoxy) is 3. The fraction of sp³-hybridized carbons (Fsp3) is 0.613. The van der Waals surface area contributed by atoms with Crippen LogP contribution in [0.3, 0.4) is 0 Å². The van der Waals surface area contributed by atoms with Crippen LogP contribution in [0.2, 0.25) is 0 Å². The zero-order valence-corrected chi connectivity index (χ0v) is 52.2. The van der Waals surface area contributed by atoms with E-state index in [2.05, 4.69) is 167 Å². The van der Waals surface area contributed by atoms with E-state index in [4.69, 9.17) is 14.2 Å². The van der Waals surface area contributed by atoms with Gasteiger partial charge in [-0.05, 0) is 122 Å². The SMILES string of the molecule is CC/C=C\C/C=C\C/C=C\C/C=C\C/C=C\CCCC(=O)OC(COC(=O)C/C=C\C/C=C\C/C=C\C/C=C\C/C=C\CC)COC(=O)CCCCCCCCCCCCCCCCCC/C=C\C/C=C\C/C=C\CCCCCCC. The van der Waals surface area contributed by atoms with Gasteiger partial charge in [0.2, 0.25) is 0 Å². The van der Waals surface area contributed by atoms with Crippen molar-refractivity contribution in [3.8, 4) is 0 Å². The number of esters is 3. The molecule has 0 aliphatic heterocycles. The number of hydrogen-bond acceptors (Lipinski definition) is 6. The van der Waals surface area contributed by atoms with Crippen molar-refractivity contribution in [2.24, 2.45) is 0 Å². The normalized spacial score (nSPS) is 13.2. The second-order valence-electron chi connectivity index (χ2n) is 21.3. The van der Waals surface area contributed by atoms with Crippen molar-refractivity contribution < 1.29 is 28.6 Å². The highest BCUT2D eigenvalue weighted by Crippen LogP contribution is 2.16. The van der Waals surface area contributed by atoms with Gasteiger partial charge in [-0.3, -0.25) is 14.4 Å². The first-order valence-corrected chi connectivity index (χ1v) is 33.0. The lowest BCUT2D eigenvalue weighted by Crippen LogP contribution is -2.30. The van der Waals surface area contributed by atoms with Gasteiger partial charge in [-0.1, -0.05) is 294 Å². The van der Waals surface area contributed by atoms with E-state index in [0.717, 1.165) is 103 Å². The minimum atomic E-state index is -0.856. The monoisotopic (exact) mass is 1120 g/mol. The molecule has 1 unspecified atom stereocenters. The Morgan fingerprint density at radius 2 is 0.543 bits per heavy atom. The first kappa shape index (κ1) is 76.0. The summed E-state index contributed by atoms with van der Waals surface area (Å²) in [5.41, 5.74) is 0. The Balaban J connectivity index is 4.37. The van der Waals surface area contributed by atoms with E-state index in [0.29, 0.717) is 12.8 Å². The van der Waals surface area contributed by atoms with E-state index >= 15 is 0 Å². The van der Waals surface area contributed by atoms with Crippen molar-refractivity contribution in [1.82, 2.24) is 0 Å². The van der Waals surface area contributed by atoms with Gasteiger partial charge in [0.05, 0.1) is 6.42 Å². The third-order valence-corrected chi connectivity index (χ3v) is 13.5. The van der Waals surface area contributed by atoms with Crippen LogP contribution in [-0.4, -0.2) is 37.2 Å². The summed E-state index contributed by atoms with van der Waals surface area (Å²) >= 11 is 0. The van der Waals surface area contributed by atoms with Gasteiger partial charge in [0, 0.05) is 12.8 Å². The molecule has 0 N–H and O–H groups in total. The van der Waals surface area contributed by atoms with E-state index in [9.17, 15) is 14.4 Å². The maximum atomic E-state index is 12.9. The fourth-order valence-electron chi connectivity index (χ4n) is 8.68. The smallest absolute Gasteiger partial charge is 0.309 e. The summed E-state index contributed by atoms with van der Waals surface area (Å²) in [5, 5.41) is 0. The molecule has 0 radical (unpaired) electrons. The molecule has 0 amide bonds. The first-order valence-electron chi connectivity index (χ1n) is 33.0. The highest BCUT2D eigenvalue weighted by atomic mass is 16.6. The van der Waals surface area contributed by atoms with Crippen molar-refractivity contribution in [3.63, 3.8) is 0 Å². The summed E-state index contributed by atoms with van der Waals surface area (Å²) in [6.07, 6.45) is 98.7. The van der Waals surface area contributed by atoms with Crippen LogP contribution in [0, 0.1) is 0 Å². The van der Waals surface area contributed by atoms with Crippen LogP contribution in [0.1, 0.15) is 278 Å². The molecule has 0 saturated heterocycles. The number of hydrogen-bond donors (Lipinski definition) is 0. The summed E-state index contributed by atoms with van der Waals surface area (Å²) in [5.74, 6) is -1.13. The summed E-state index contributed by atoms with van der Waals surface area (Å²) in [4.78, 5) is 38.2. The predicted molar refractivity (Wildman–Crippen MR) is 352 cm³/mol. The zero-order chi connectivity index (χ0) is 58.5. The Morgan fingerprint density at radius 1 is 0.272 bits per heavy atom. The number of carbonyl (C=O) groups is 3. The largest absolute Gasteiger partial charge is 0.462 e. The average Bonchev–Trinajstić information content (AvgIpc) is 3.47. The van der Waals surface area contributed by atoms with Gasteiger partial charge >= 0.3 is 17.9 Å². The number of rotatable bonds is 58. The second kappa shape index (κ2) is 67.5. The van der Waals surface area contributed by atoms with Crippen molar-refractivity contribution in [2.45, 2.75) is 284 Å². The van der Waals surface area contributed by atoms with Crippen LogP contribution < -0.4 is 0 Å². The van der Waals surface area contributed by atoms with E-state index in [-0.39, 0.29) is 32.0 Å². The number of carbonyl (C=O) groups excluding carboxylic acids is 3. The van der Waals surface area contributed by atoms with Gasteiger partial charge < -0.3 is 14.2 Å². The molecular formula is C75H120O6. The minimum absolute atomic E-state index is 0.109. The molecular weight excluding hydrogens is 997 g/mol. The lowest BCUT2D eigenvalue weighted by Gasteiger charge is -2.18. The molecule has 0 rings (SSSR count). The van der Waals surface area contributed by atoms with Gasteiger partial charge in [0.25, 0.3) is 0 Å². The maximum Gasteiger partial charge on any atom is 0.309 e. The van der Waals surface area contributed by atoms with E-state index in [1.165, 1.54) is 128 Å². The van der Waals surface area contributed by atoms with E-state index in [1.807, 2.05) is 6.08 Å². The molecule has 6 nitrogen and oxygen atoms in total. The van der Waals surface area contributed by atoms with E-state index < -0.39 is 18.0 Å². The van der Waals surface area contributed by atoms with Crippen LogP contribution in [0.15, 0.2) is 158 Å². The molecule has 0 aliphatic carbocycles. The second-order valence-corrected chi connectivity index (χ2v) is 21.3. The van der Waals surface area contributed by atoms with Gasteiger partial charge in [-0.15, -0.1) is 0 Å². The summed E-state index contributed by atoms with van der Waals surface area (Å²) in [6.45, 7) is 6.27. The molecule has 81 heavy (non-hydrogen) atoms. The molecule has 0 heterocycles. The predicted octanol–water partition coefficient (Wildman–Crippen LogP) is 22.9. The number of allylic oxidation sites excluding steroid dienone is 25. The molecule has 0 spiro atoms. The molecule has 0 aromatic carbocycles. The quantitative estimate of drug-likeness (QED) is 0.0261. The average molecular weight is 1120 g/mol. The van der Waals surface area contributed by atoms with Crippen LogP contribution in [0.4, 0.5) is 0 Å². The number of unbranched alkanes of at least 4 members (excludes halogenated alkanes) is 22. The molecule has 0 bridgehead atoms. The molecule has 1 atom stereocenters. The highest BCUT2D eigenvalue weighted by Gasteiger charge is 2.19. The molecule has 0 saturated carbocycles. The molecule has 0 aromatic heterocycles. The molecule has 0 aliphatic rings. The van der Waals surface area contributed by atoms with Gasteiger partial charge in [-0.25, -0.2) is 0 Å². The Kier molecular flexibility index (Phi) is 63.4. The molecule has 6 heteroatoms. The van der Waals surface area contributed by atoms with Crippen molar-refractivity contribution in [1.29, 1.82) is 0 Å². The lowest BCUT2D eigenvalue weighted by molar-refractivity contribution is -0.166. The molecule has 0 aromatic rings. The Morgan fingerprint density at radius 3 is 0.901 bits per heavy atom. The third-order valence-electron chi connectivity index (χ3n) is 13.5. The Bertz CT molecular complexity index is 1810. The third kappa shape index (κ3) is 65.7. The van der Waals surface area contributed by atoms with Gasteiger partial charge in [0.1, 0.15) is 13.2 Å². The molecule has 456 valence electrons. The van der Waals surface area contributed by atoms with Gasteiger partial charge in [-0.2, -0.15) is 0 Å². The molecule has 0 fully saturated rings. The topological polar surface area (TPSA) is 78.9 Å². The Hall–Kier alpha value is -4.97. The summed E-state index contributed by atoms with van der Waals surface area (Å²) < 4.78 is 16.8. The maximum absolute atomic E-state index is 12.9. The highest BCUT2D eigenvalue weighted by molar-refractivity contribution is 5.72. The Labute approximate surface area is 499 Å². The van der Waals surface area contributed by atoms with Gasteiger partial charge in [0.15, 0.2) is 6.10 Å². The van der Waals surface area contributed by atoms with Crippen LogP contribution in [0.5, 0.6) is 0 Å². The van der Waals surface area contributed by atoms with Crippen molar-refractivity contribution in [2.75, 3.05) is 13.2 Å². The van der Waals surface area contributed by atoms with Crippen LogP contribution in [0.25, 0.3) is 0 Å².